The highest BCUT2D eigenvalue weighted by Crippen LogP contribution is 2.58. The average molecular weight is 361 g/mol. The van der Waals surface area contributed by atoms with Gasteiger partial charge in [-0.15, -0.1) is 0 Å². The summed E-state index contributed by atoms with van der Waals surface area (Å²) in [4.78, 5) is 37.3. The maximum Gasteiger partial charge on any atom is 0.508 e. The molecule has 1 aromatic rings. The lowest BCUT2D eigenvalue weighted by molar-refractivity contribution is -0.148. The Balaban J connectivity index is 1.67. The van der Waals surface area contributed by atoms with Crippen LogP contribution < -0.4 is 5.32 Å². The van der Waals surface area contributed by atoms with Crippen molar-refractivity contribution in [1.29, 1.82) is 0 Å². The molecule has 1 saturated heterocycles. The first kappa shape index (κ1) is 16.8. The van der Waals surface area contributed by atoms with Crippen LogP contribution in [-0.2, 0) is 19.0 Å². The van der Waals surface area contributed by atoms with Gasteiger partial charge in [-0.3, -0.25) is 4.79 Å². The summed E-state index contributed by atoms with van der Waals surface area (Å²) >= 11 is 0. The summed E-state index contributed by atoms with van der Waals surface area (Å²) < 4.78 is 15.5. The number of amides is 1. The minimum absolute atomic E-state index is 0.110. The van der Waals surface area contributed by atoms with Crippen molar-refractivity contribution in [2.75, 3.05) is 6.61 Å². The molecule has 8 nitrogen and oxygen atoms in total. The second-order valence-electron chi connectivity index (χ2n) is 6.78. The number of aliphatic hydroxyl groups is 1. The van der Waals surface area contributed by atoms with Gasteiger partial charge in [0.15, 0.2) is 5.54 Å². The van der Waals surface area contributed by atoms with E-state index in [2.05, 4.69) is 5.32 Å². The third-order valence-electron chi connectivity index (χ3n) is 5.54. The molecule has 1 heterocycles. The number of nitrogens with one attached hydrogen (secondary N) is 1. The van der Waals surface area contributed by atoms with Crippen LogP contribution in [0.1, 0.15) is 23.7 Å². The van der Waals surface area contributed by atoms with Crippen LogP contribution in [0.25, 0.3) is 0 Å². The Kier molecular flexibility index (Phi) is 3.87. The normalized spacial score (nSPS) is 36.5. The number of hydrogen-bond acceptors (Lipinski definition) is 7. The standard InChI is InChI=1S/C18H19NO7/c1-2-24-17(23)26-14-10-8-11-13(12(10)20)25-16(22)18(11,14)19-15(21)9-6-4-3-5-7-9/h3-7,10-14,20H,2,8H2,1H3,(H,19,21)/t10-,11+,12+,13+,14-,18+/m1/s1. The van der Waals surface area contributed by atoms with E-state index in [1.165, 1.54) is 0 Å². The van der Waals surface area contributed by atoms with Crippen LogP contribution in [0, 0.1) is 11.8 Å². The molecule has 0 spiro atoms. The van der Waals surface area contributed by atoms with Gasteiger partial charge in [0, 0.05) is 17.4 Å². The summed E-state index contributed by atoms with van der Waals surface area (Å²) in [6.07, 6.45) is -3.21. The SMILES string of the molecule is CCOC(=O)O[C@@H]1[C@@H]2C[C@H]3[C@H](OC(=O)[C@@]13NC(=O)c1ccccc1)[C@H]2O. The quantitative estimate of drug-likeness (QED) is 0.757. The van der Waals surface area contributed by atoms with E-state index in [0.717, 1.165) is 0 Å². The molecule has 1 aliphatic heterocycles. The van der Waals surface area contributed by atoms with Gasteiger partial charge in [-0.25, -0.2) is 9.59 Å². The molecule has 8 heteroatoms. The van der Waals surface area contributed by atoms with Crippen molar-refractivity contribution in [3.63, 3.8) is 0 Å². The summed E-state index contributed by atoms with van der Waals surface area (Å²) in [6.45, 7) is 1.74. The van der Waals surface area contributed by atoms with Crippen LogP contribution in [0.15, 0.2) is 30.3 Å². The van der Waals surface area contributed by atoms with Gasteiger partial charge in [-0.2, -0.15) is 0 Å². The average Bonchev–Trinajstić information content (AvgIpc) is 3.19. The molecule has 1 aromatic carbocycles. The van der Waals surface area contributed by atoms with Crippen LogP contribution >= 0.6 is 0 Å². The van der Waals surface area contributed by atoms with Gasteiger partial charge in [-0.05, 0) is 25.5 Å². The molecule has 1 amide bonds. The Morgan fingerprint density at radius 2 is 2.08 bits per heavy atom. The van der Waals surface area contributed by atoms with Gasteiger partial charge in [-0.1, -0.05) is 18.2 Å². The Bertz CT molecular complexity index is 751. The fourth-order valence-corrected chi connectivity index (χ4v) is 4.49. The van der Waals surface area contributed by atoms with E-state index < -0.39 is 53.7 Å². The van der Waals surface area contributed by atoms with Gasteiger partial charge in [0.25, 0.3) is 5.91 Å². The molecule has 2 bridgehead atoms. The van der Waals surface area contributed by atoms with E-state index >= 15 is 0 Å². The highest BCUT2D eigenvalue weighted by molar-refractivity contribution is 5.99. The molecule has 0 aromatic heterocycles. The van der Waals surface area contributed by atoms with Crippen molar-refractivity contribution >= 4 is 18.0 Å². The number of rotatable bonds is 4. The van der Waals surface area contributed by atoms with Crippen LogP contribution in [0.2, 0.25) is 0 Å². The molecular formula is C18H19NO7. The summed E-state index contributed by atoms with van der Waals surface area (Å²) in [5.41, 5.74) is -1.13. The van der Waals surface area contributed by atoms with Crippen molar-refractivity contribution < 1.29 is 33.7 Å². The van der Waals surface area contributed by atoms with E-state index in [4.69, 9.17) is 14.2 Å². The lowest BCUT2D eigenvalue weighted by atomic mass is 9.78. The van der Waals surface area contributed by atoms with E-state index in [-0.39, 0.29) is 6.61 Å². The predicted octanol–water partition coefficient (Wildman–Crippen LogP) is 0.633. The molecule has 0 radical (unpaired) electrons. The molecule has 4 rings (SSSR count). The van der Waals surface area contributed by atoms with E-state index in [9.17, 15) is 19.5 Å². The van der Waals surface area contributed by atoms with E-state index in [1.807, 2.05) is 0 Å². The third kappa shape index (κ3) is 2.21. The maximum absolute atomic E-state index is 12.7. The number of carbonyl (C=O) groups excluding carboxylic acids is 3. The van der Waals surface area contributed by atoms with Crippen LogP contribution in [0.5, 0.6) is 0 Å². The number of carbonyl (C=O) groups is 3. The van der Waals surface area contributed by atoms with Crippen molar-refractivity contribution in [3.05, 3.63) is 35.9 Å². The zero-order valence-corrected chi connectivity index (χ0v) is 14.1. The van der Waals surface area contributed by atoms with Gasteiger partial charge < -0.3 is 24.6 Å². The molecule has 2 saturated carbocycles. The minimum Gasteiger partial charge on any atom is -0.457 e. The number of fused-ring (bicyclic) bond motifs is 1. The third-order valence-corrected chi connectivity index (χ3v) is 5.54. The first-order valence-electron chi connectivity index (χ1n) is 8.59. The second-order valence-corrected chi connectivity index (χ2v) is 6.78. The summed E-state index contributed by atoms with van der Waals surface area (Å²) in [5, 5.41) is 13.1. The zero-order valence-electron chi connectivity index (χ0n) is 14.1. The first-order chi connectivity index (χ1) is 12.5. The predicted molar refractivity (Wildman–Crippen MR) is 86.0 cm³/mol. The fraction of sp³-hybridized carbons (Fsp3) is 0.500. The zero-order chi connectivity index (χ0) is 18.5. The smallest absolute Gasteiger partial charge is 0.457 e. The lowest BCUT2D eigenvalue weighted by Crippen LogP contribution is -2.65. The van der Waals surface area contributed by atoms with Crippen molar-refractivity contribution in [3.8, 4) is 0 Å². The second kappa shape index (κ2) is 5.98. The lowest BCUT2D eigenvalue weighted by Gasteiger charge is -2.37. The fourth-order valence-electron chi connectivity index (χ4n) is 4.49. The summed E-state index contributed by atoms with van der Waals surface area (Å²) in [7, 11) is 0. The highest BCUT2D eigenvalue weighted by atomic mass is 16.7. The topological polar surface area (TPSA) is 111 Å². The monoisotopic (exact) mass is 361 g/mol. The van der Waals surface area contributed by atoms with Crippen molar-refractivity contribution in [1.82, 2.24) is 5.32 Å². The van der Waals surface area contributed by atoms with Crippen LogP contribution in [-0.4, -0.2) is 53.6 Å². The van der Waals surface area contributed by atoms with E-state index in [1.54, 1.807) is 37.3 Å². The van der Waals surface area contributed by atoms with Crippen molar-refractivity contribution in [2.24, 2.45) is 11.8 Å². The Morgan fingerprint density at radius 1 is 1.35 bits per heavy atom. The van der Waals surface area contributed by atoms with Crippen LogP contribution in [0.3, 0.4) is 0 Å². The number of aliphatic hydroxyl groups excluding tert-OH is 1. The van der Waals surface area contributed by atoms with Gasteiger partial charge in [0.05, 0.1) is 12.7 Å². The van der Waals surface area contributed by atoms with Gasteiger partial charge in [0.1, 0.15) is 12.2 Å². The molecule has 2 aliphatic carbocycles. The molecular weight excluding hydrogens is 342 g/mol. The Hall–Kier alpha value is -2.61. The number of hydrogen-bond donors (Lipinski definition) is 2. The largest absolute Gasteiger partial charge is 0.508 e. The molecule has 138 valence electrons. The highest BCUT2D eigenvalue weighted by Gasteiger charge is 2.77. The Labute approximate surface area is 149 Å². The van der Waals surface area contributed by atoms with E-state index in [0.29, 0.717) is 12.0 Å². The Morgan fingerprint density at radius 3 is 2.77 bits per heavy atom. The molecule has 26 heavy (non-hydrogen) atoms. The maximum atomic E-state index is 12.7. The first-order valence-corrected chi connectivity index (χ1v) is 8.59. The number of ether oxygens (including phenoxy) is 3. The summed E-state index contributed by atoms with van der Waals surface area (Å²) in [5.74, 6) is -2.12. The molecule has 2 N–H and O–H groups in total. The molecule has 0 unspecified atom stereocenters. The molecule has 3 fully saturated rings. The van der Waals surface area contributed by atoms with Gasteiger partial charge in [0.2, 0.25) is 0 Å². The number of esters is 1. The summed E-state index contributed by atoms with van der Waals surface area (Å²) in [6, 6.07) is 8.43. The van der Waals surface area contributed by atoms with Crippen molar-refractivity contribution in [2.45, 2.75) is 37.2 Å². The van der Waals surface area contributed by atoms with Gasteiger partial charge >= 0.3 is 12.1 Å². The molecule has 3 aliphatic rings. The van der Waals surface area contributed by atoms with Crippen LogP contribution in [0.4, 0.5) is 4.79 Å². The molecule has 6 atom stereocenters. The minimum atomic E-state index is -1.51. The number of benzene rings is 1.